The first-order valence-electron chi connectivity index (χ1n) is 14.1. The van der Waals surface area contributed by atoms with Gasteiger partial charge in [-0.15, -0.1) is 0 Å². The van der Waals surface area contributed by atoms with Crippen molar-refractivity contribution in [3.63, 3.8) is 0 Å². The lowest BCUT2D eigenvalue weighted by Crippen LogP contribution is -2.42. The van der Waals surface area contributed by atoms with Gasteiger partial charge in [-0.3, -0.25) is 0 Å². The highest BCUT2D eigenvalue weighted by Crippen LogP contribution is 2.32. The van der Waals surface area contributed by atoms with E-state index in [4.69, 9.17) is 4.74 Å². The number of ether oxygens (including phenoxy) is 2. The summed E-state index contributed by atoms with van der Waals surface area (Å²) in [5.41, 5.74) is 0.479. The van der Waals surface area contributed by atoms with Crippen molar-refractivity contribution >= 4 is 27.6 Å². The molecular formula is C30H28F6N6O4S. The predicted octanol–water partition coefficient (Wildman–Crippen LogP) is 6.52. The summed E-state index contributed by atoms with van der Waals surface area (Å²) in [6.07, 6.45) is -8.76. The fraction of sp³-hybridized carbons (Fsp3) is 0.300. The van der Waals surface area contributed by atoms with Gasteiger partial charge in [-0.05, 0) is 66.4 Å². The molecule has 10 nitrogen and oxygen atoms in total. The molecule has 1 saturated heterocycles. The van der Waals surface area contributed by atoms with E-state index >= 15 is 0 Å². The molecule has 0 amide bonds. The largest absolute Gasteiger partial charge is 0.497 e. The van der Waals surface area contributed by atoms with Crippen molar-refractivity contribution in [3.8, 4) is 22.9 Å². The molecule has 0 bridgehead atoms. The van der Waals surface area contributed by atoms with E-state index in [9.17, 15) is 34.8 Å². The lowest BCUT2D eigenvalue weighted by molar-refractivity contribution is -0.154. The minimum atomic E-state index is -4.71. The maximum atomic E-state index is 13.5. The van der Waals surface area contributed by atoms with Gasteiger partial charge in [-0.1, -0.05) is 30.3 Å². The Hall–Kier alpha value is -4.64. The first-order chi connectivity index (χ1) is 22.2. The highest BCUT2D eigenvalue weighted by Gasteiger charge is 2.32. The van der Waals surface area contributed by atoms with E-state index < -0.39 is 46.6 Å². The van der Waals surface area contributed by atoms with Crippen molar-refractivity contribution in [2.45, 2.75) is 36.1 Å². The molecule has 1 aliphatic rings. The van der Waals surface area contributed by atoms with Crippen molar-refractivity contribution < 1.29 is 44.2 Å². The highest BCUT2D eigenvalue weighted by molar-refractivity contribution is 7.89. The summed E-state index contributed by atoms with van der Waals surface area (Å²) in [6.45, 7) is -1.48. The topological polar surface area (TPSA) is 119 Å². The van der Waals surface area contributed by atoms with Crippen LogP contribution < -0.4 is 20.1 Å². The van der Waals surface area contributed by atoms with Gasteiger partial charge >= 0.3 is 18.4 Å². The lowest BCUT2D eigenvalue weighted by Gasteiger charge is -2.31. The van der Waals surface area contributed by atoms with Crippen molar-refractivity contribution in [1.29, 1.82) is 0 Å². The summed E-state index contributed by atoms with van der Waals surface area (Å²) in [5, 5.41) is 5.50. The molecule has 5 rings (SSSR count). The zero-order chi connectivity index (χ0) is 33.8. The van der Waals surface area contributed by atoms with Crippen LogP contribution in [0.3, 0.4) is 0 Å². The van der Waals surface area contributed by atoms with Crippen LogP contribution in [0, 0.1) is 0 Å². The zero-order valence-corrected chi connectivity index (χ0v) is 25.5. The second-order valence-corrected chi connectivity index (χ2v) is 12.4. The summed E-state index contributed by atoms with van der Waals surface area (Å²) in [7, 11) is -2.31. The number of halogens is 6. The number of alkyl halides is 6. The van der Waals surface area contributed by atoms with Gasteiger partial charge in [0.1, 0.15) is 5.75 Å². The van der Waals surface area contributed by atoms with Crippen molar-refractivity contribution in [3.05, 3.63) is 78.4 Å². The van der Waals surface area contributed by atoms with Crippen LogP contribution in [0.25, 0.3) is 11.1 Å². The molecule has 0 saturated carbocycles. The molecule has 2 N–H and O–H groups in total. The van der Waals surface area contributed by atoms with Gasteiger partial charge in [-0.25, -0.2) is 8.42 Å². The smallest absolute Gasteiger partial charge is 0.422 e. The fourth-order valence-corrected chi connectivity index (χ4v) is 6.30. The van der Waals surface area contributed by atoms with E-state index in [1.165, 1.54) is 16.4 Å². The maximum Gasteiger partial charge on any atom is 0.422 e. The van der Waals surface area contributed by atoms with E-state index in [-0.39, 0.29) is 48.4 Å². The predicted molar refractivity (Wildman–Crippen MR) is 160 cm³/mol. The third-order valence-electron chi connectivity index (χ3n) is 7.11. The van der Waals surface area contributed by atoms with Gasteiger partial charge in [0.15, 0.2) is 6.61 Å². The summed E-state index contributed by atoms with van der Waals surface area (Å²) in [5.74, 6) is 0.0929. The number of aromatic nitrogens is 3. The molecule has 17 heteroatoms. The second kappa shape index (κ2) is 13.6. The molecule has 0 atom stereocenters. The van der Waals surface area contributed by atoms with Crippen molar-refractivity contribution in [2.24, 2.45) is 0 Å². The Morgan fingerprint density at radius 2 is 1.53 bits per heavy atom. The Kier molecular flexibility index (Phi) is 9.76. The number of benzene rings is 3. The molecule has 0 aliphatic carbocycles. The third-order valence-corrected chi connectivity index (χ3v) is 9.00. The summed E-state index contributed by atoms with van der Waals surface area (Å²) >= 11 is 0. The van der Waals surface area contributed by atoms with Crippen molar-refractivity contribution in [2.75, 3.05) is 37.4 Å². The molecule has 1 fully saturated rings. The maximum absolute atomic E-state index is 13.5. The molecule has 250 valence electrons. The van der Waals surface area contributed by atoms with Gasteiger partial charge < -0.3 is 20.1 Å². The summed E-state index contributed by atoms with van der Waals surface area (Å²) in [6, 6.07) is 16.7. The normalized spacial score (nSPS) is 14.9. The second-order valence-electron chi connectivity index (χ2n) is 10.5. The molecule has 4 aromatic rings. The van der Waals surface area contributed by atoms with Crippen LogP contribution in [-0.4, -0.2) is 66.7 Å². The number of nitrogens with one attached hydrogen (secondary N) is 2. The number of hydrogen-bond donors (Lipinski definition) is 2. The molecule has 1 aromatic heterocycles. The zero-order valence-electron chi connectivity index (χ0n) is 24.6. The minimum absolute atomic E-state index is 0.0756. The van der Waals surface area contributed by atoms with Crippen molar-refractivity contribution in [1.82, 2.24) is 19.3 Å². The minimum Gasteiger partial charge on any atom is -0.497 e. The van der Waals surface area contributed by atoms with E-state index in [1.807, 2.05) is 12.1 Å². The van der Waals surface area contributed by atoms with E-state index in [1.54, 1.807) is 37.4 Å². The van der Waals surface area contributed by atoms with Gasteiger partial charge in [0.05, 0.1) is 17.6 Å². The van der Waals surface area contributed by atoms with Gasteiger partial charge in [0.25, 0.3) is 0 Å². The lowest BCUT2D eigenvalue weighted by atomic mass is 10.1. The van der Waals surface area contributed by atoms with Crippen LogP contribution in [0.2, 0.25) is 0 Å². The molecular weight excluding hydrogens is 654 g/mol. The number of hydrogen-bond acceptors (Lipinski definition) is 9. The summed E-state index contributed by atoms with van der Waals surface area (Å²) in [4.78, 5) is 11.9. The molecule has 0 radical (unpaired) electrons. The van der Waals surface area contributed by atoms with Gasteiger partial charge in [-0.2, -0.15) is 45.6 Å². The summed E-state index contributed by atoms with van der Waals surface area (Å²) < 4.78 is 116. The SMILES string of the molecule is COc1ccc(-c2cccc(S(=O)(=O)N3CCC(Nc4nc(Nc5cccc(C(F)(F)F)c5)nc(OCC(F)(F)F)n4)CC3)c2)cc1. The van der Waals surface area contributed by atoms with Gasteiger partial charge in [0, 0.05) is 24.8 Å². The number of nitrogens with zero attached hydrogens (tertiary/aromatic N) is 4. The van der Waals surface area contributed by atoms with Crippen LogP contribution >= 0.6 is 0 Å². The Labute approximate surface area is 265 Å². The Morgan fingerprint density at radius 3 is 2.19 bits per heavy atom. The molecule has 1 aliphatic heterocycles. The number of sulfonamides is 1. The molecule has 47 heavy (non-hydrogen) atoms. The average molecular weight is 683 g/mol. The average Bonchev–Trinajstić information content (AvgIpc) is 3.03. The Morgan fingerprint density at radius 1 is 0.851 bits per heavy atom. The molecule has 2 heterocycles. The van der Waals surface area contributed by atoms with Crippen LogP contribution in [0.4, 0.5) is 43.9 Å². The monoisotopic (exact) mass is 682 g/mol. The Bertz CT molecular complexity index is 1800. The number of anilines is 3. The van der Waals surface area contributed by atoms with E-state index in [2.05, 4.69) is 30.3 Å². The molecule has 0 unspecified atom stereocenters. The van der Waals surface area contributed by atoms with Crippen LogP contribution in [0.1, 0.15) is 18.4 Å². The van der Waals surface area contributed by atoms with E-state index in [0.717, 1.165) is 23.8 Å². The third kappa shape index (κ3) is 8.79. The van der Waals surface area contributed by atoms with Crippen LogP contribution in [-0.2, 0) is 16.2 Å². The Balaban J connectivity index is 1.28. The quantitative estimate of drug-likeness (QED) is 0.180. The number of piperidine rings is 1. The highest BCUT2D eigenvalue weighted by atomic mass is 32.2. The first-order valence-corrected chi connectivity index (χ1v) is 15.5. The van der Waals surface area contributed by atoms with Gasteiger partial charge in [0.2, 0.25) is 21.9 Å². The van der Waals surface area contributed by atoms with E-state index in [0.29, 0.717) is 11.3 Å². The standard InChI is InChI=1S/C30H28F6N6O4S/c1-45-24-10-8-19(9-11-24)20-4-2-7-25(16-20)47(43,44)42-14-12-22(13-15-42)37-26-39-27(41-28(40-26)46-18-29(31,32)33)38-23-6-3-5-21(17-23)30(34,35)36/h2-11,16-17,22H,12-15,18H2,1H3,(H2,37,38,39,40,41). The molecule has 0 spiro atoms. The number of methoxy groups -OCH3 is 1. The molecule has 3 aromatic carbocycles. The first kappa shape index (κ1) is 33.7. The fourth-order valence-electron chi connectivity index (χ4n) is 4.78. The number of rotatable bonds is 10. The van der Waals surface area contributed by atoms with Crippen LogP contribution in [0.15, 0.2) is 77.7 Å². The van der Waals surface area contributed by atoms with Crippen LogP contribution in [0.5, 0.6) is 11.8 Å².